The highest BCUT2D eigenvalue weighted by Gasteiger charge is 2.27. The normalized spacial score (nSPS) is 11.1. The first-order valence-electron chi connectivity index (χ1n) is 4.66. The number of nitrogens with zero attached hydrogens (tertiary/aromatic N) is 1. The van der Waals surface area contributed by atoms with Gasteiger partial charge in [-0.05, 0) is 17.7 Å². The summed E-state index contributed by atoms with van der Waals surface area (Å²) < 4.78 is 21.1. The minimum absolute atomic E-state index is 0.0135. The molecule has 0 aliphatic rings. The molecule has 1 aromatic rings. The van der Waals surface area contributed by atoms with E-state index in [4.69, 9.17) is 5.26 Å². The molecule has 0 amide bonds. The number of hydrogen-bond donors (Lipinski definition) is 0. The predicted molar refractivity (Wildman–Crippen MR) is 58.7 cm³/mol. The Labute approximate surface area is 99.1 Å². The van der Waals surface area contributed by atoms with Crippen molar-refractivity contribution in [2.24, 2.45) is 0 Å². The van der Waals surface area contributed by atoms with E-state index in [2.05, 4.69) is 19.1 Å². The van der Waals surface area contributed by atoms with Crippen LogP contribution in [0.25, 0.3) is 0 Å². The summed E-state index contributed by atoms with van der Waals surface area (Å²) in [5.41, 5.74) is 1.20. The zero-order chi connectivity index (χ0) is 12.7. The van der Waals surface area contributed by atoms with Gasteiger partial charge in [-0.3, -0.25) is 4.57 Å². The van der Waals surface area contributed by atoms with Gasteiger partial charge in [-0.25, -0.2) is 9.78 Å². The molecule has 0 N–H and O–H groups in total. The Balaban J connectivity index is 2.79. The zero-order valence-electron chi connectivity index (χ0n) is 9.45. The first kappa shape index (κ1) is 13.8. The van der Waals surface area contributed by atoms with Crippen LogP contribution in [0.1, 0.15) is 11.1 Å². The first-order valence-corrected chi connectivity index (χ1v) is 6.39. The molecule has 0 spiro atoms. The molecule has 92 valence electrons. The van der Waals surface area contributed by atoms with Crippen LogP contribution in [0.5, 0.6) is 0 Å². The summed E-state index contributed by atoms with van der Waals surface area (Å²) in [7, 11) is -1.04. The minimum atomic E-state index is -3.49. The van der Waals surface area contributed by atoms with Crippen molar-refractivity contribution in [3.8, 4) is 6.07 Å². The summed E-state index contributed by atoms with van der Waals surface area (Å²) in [6.45, 7) is 0. The topological polar surface area (TPSA) is 77.8 Å². The fourth-order valence-corrected chi connectivity index (χ4v) is 2.44. The van der Waals surface area contributed by atoms with Crippen molar-refractivity contribution >= 4 is 7.60 Å². The highest BCUT2D eigenvalue weighted by atomic mass is 31.2. The molecule has 1 aromatic carbocycles. The summed E-state index contributed by atoms with van der Waals surface area (Å²) in [6, 6.07) is 8.52. The van der Waals surface area contributed by atoms with Gasteiger partial charge in [-0.15, -0.1) is 9.35 Å². The molecule has 0 heterocycles. The van der Waals surface area contributed by atoms with Crippen LogP contribution < -0.4 is 0 Å². The lowest BCUT2D eigenvalue weighted by Crippen LogP contribution is -1.98. The van der Waals surface area contributed by atoms with Gasteiger partial charge >= 0.3 is 7.60 Å². The molecule has 7 heteroatoms. The van der Waals surface area contributed by atoms with Gasteiger partial charge in [0.15, 0.2) is 0 Å². The fourth-order valence-electron chi connectivity index (χ4n) is 1.20. The Hall–Kier alpha value is -1.22. The number of benzene rings is 1. The second-order valence-corrected chi connectivity index (χ2v) is 4.90. The predicted octanol–water partition coefficient (Wildman–Crippen LogP) is 2.41. The van der Waals surface area contributed by atoms with E-state index in [1.807, 2.05) is 6.07 Å². The summed E-state index contributed by atoms with van der Waals surface area (Å²) in [4.78, 5) is 8.71. The Morgan fingerprint density at radius 2 is 1.71 bits per heavy atom. The molecule has 0 unspecified atom stereocenters. The van der Waals surface area contributed by atoms with E-state index in [1.165, 1.54) is 14.2 Å². The molecule has 6 nitrogen and oxygen atoms in total. The molecule has 0 saturated carbocycles. The lowest BCUT2D eigenvalue weighted by molar-refractivity contribution is -0.242. The Kier molecular flexibility index (Phi) is 5.29. The third-order valence-electron chi connectivity index (χ3n) is 1.84. The Bertz CT molecular complexity index is 429. The lowest BCUT2D eigenvalue weighted by atomic mass is 10.2. The Morgan fingerprint density at radius 3 is 2.12 bits per heavy atom. The molecule has 17 heavy (non-hydrogen) atoms. The molecule has 0 aliphatic carbocycles. The third kappa shape index (κ3) is 4.27. The fraction of sp³-hybridized carbons (Fsp3) is 0.300. The third-order valence-corrected chi connectivity index (χ3v) is 3.34. The van der Waals surface area contributed by atoms with Crippen LogP contribution in [0.4, 0.5) is 0 Å². The molecule has 0 saturated heterocycles. The van der Waals surface area contributed by atoms with Crippen LogP contribution in [-0.2, 0) is 29.9 Å². The molecular weight excluding hydrogens is 245 g/mol. The van der Waals surface area contributed by atoms with Gasteiger partial charge in [0.1, 0.15) is 0 Å². The SMILES string of the molecule is COOP(=O)(Cc1ccc(C#N)cc1)OOC. The Morgan fingerprint density at radius 1 is 1.18 bits per heavy atom. The van der Waals surface area contributed by atoms with Crippen molar-refractivity contribution in [2.45, 2.75) is 6.16 Å². The monoisotopic (exact) mass is 257 g/mol. The average molecular weight is 257 g/mol. The van der Waals surface area contributed by atoms with Crippen molar-refractivity contribution in [1.29, 1.82) is 5.26 Å². The van der Waals surface area contributed by atoms with Crippen LogP contribution in [0.15, 0.2) is 24.3 Å². The van der Waals surface area contributed by atoms with Crippen LogP contribution in [0.2, 0.25) is 0 Å². The van der Waals surface area contributed by atoms with Gasteiger partial charge < -0.3 is 0 Å². The number of rotatable bonds is 6. The van der Waals surface area contributed by atoms with Crippen LogP contribution in [0.3, 0.4) is 0 Å². The van der Waals surface area contributed by atoms with E-state index in [9.17, 15) is 4.57 Å². The smallest absolute Gasteiger partial charge is 0.255 e. The van der Waals surface area contributed by atoms with Gasteiger partial charge in [0.2, 0.25) is 0 Å². The zero-order valence-corrected chi connectivity index (χ0v) is 10.3. The molecule has 0 radical (unpaired) electrons. The van der Waals surface area contributed by atoms with Gasteiger partial charge in [0, 0.05) is 0 Å². The van der Waals surface area contributed by atoms with E-state index >= 15 is 0 Å². The maximum atomic E-state index is 12.0. The van der Waals surface area contributed by atoms with Crippen LogP contribution in [0, 0.1) is 11.3 Å². The van der Waals surface area contributed by atoms with Crippen molar-refractivity contribution < 1.29 is 23.7 Å². The largest absolute Gasteiger partial charge is 0.388 e. The highest BCUT2D eigenvalue weighted by molar-refractivity contribution is 7.52. The maximum Gasteiger partial charge on any atom is 0.388 e. The molecule has 0 aromatic heterocycles. The molecule has 0 aliphatic heterocycles. The van der Waals surface area contributed by atoms with E-state index in [-0.39, 0.29) is 6.16 Å². The summed E-state index contributed by atoms with van der Waals surface area (Å²) in [5.74, 6) is 0. The second-order valence-electron chi connectivity index (χ2n) is 3.06. The van der Waals surface area contributed by atoms with Gasteiger partial charge in [0.05, 0.1) is 32.0 Å². The summed E-state index contributed by atoms with van der Waals surface area (Å²) >= 11 is 0. The van der Waals surface area contributed by atoms with Crippen molar-refractivity contribution in [3.63, 3.8) is 0 Å². The van der Waals surface area contributed by atoms with Gasteiger partial charge in [-0.2, -0.15) is 5.26 Å². The molecule has 0 bridgehead atoms. The molecule has 1 rings (SSSR count). The number of hydrogen-bond acceptors (Lipinski definition) is 6. The van der Waals surface area contributed by atoms with E-state index in [0.717, 1.165) is 0 Å². The van der Waals surface area contributed by atoms with E-state index in [1.54, 1.807) is 24.3 Å². The van der Waals surface area contributed by atoms with Crippen LogP contribution >= 0.6 is 7.60 Å². The second kappa shape index (κ2) is 6.50. The van der Waals surface area contributed by atoms with Gasteiger partial charge in [0.25, 0.3) is 0 Å². The summed E-state index contributed by atoms with van der Waals surface area (Å²) in [5, 5.41) is 8.64. The average Bonchev–Trinajstić information content (AvgIpc) is 2.30. The maximum absolute atomic E-state index is 12.0. The van der Waals surface area contributed by atoms with Gasteiger partial charge in [-0.1, -0.05) is 12.1 Å². The van der Waals surface area contributed by atoms with Crippen molar-refractivity contribution in [3.05, 3.63) is 35.4 Å². The van der Waals surface area contributed by atoms with E-state index in [0.29, 0.717) is 11.1 Å². The summed E-state index contributed by atoms with van der Waals surface area (Å²) in [6.07, 6.45) is -0.0135. The molecule has 0 atom stereocenters. The lowest BCUT2D eigenvalue weighted by Gasteiger charge is -2.13. The molecule has 0 fully saturated rings. The quantitative estimate of drug-likeness (QED) is 0.442. The number of nitriles is 1. The minimum Gasteiger partial charge on any atom is -0.255 e. The van der Waals surface area contributed by atoms with Crippen molar-refractivity contribution in [2.75, 3.05) is 14.2 Å². The first-order chi connectivity index (χ1) is 8.13. The molecular formula is C10H12NO5P. The van der Waals surface area contributed by atoms with E-state index < -0.39 is 7.60 Å². The van der Waals surface area contributed by atoms with Crippen molar-refractivity contribution in [1.82, 2.24) is 0 Å². The van der Waals surface area contributed by atoms with Crippen LogP contribution in [-0.4, -0.2) is 14.2 Å². The standard InChI is InChI=1S/C10H12NO5P/c1-13-15-17(12,16-14-2)8-10-5-3-9(7-11)4-6-10/h3-6H,8H2,1-2H3. The highest BCUT2D eigenvalue weighted by Crippen LogP contribution is 2.51.